The van der Waals surface area contributed by atoms with Crippen molar-refractivity contribution < 1.29 is 22.3 Å². The average molecular weight is 481 g/mol. The third kappa shape index (κ3) is 3.88. The first-order valence-corrected chi connectivity index (χ1v) is 12.5. The Balaban J connectivity index is 1.49. The number of ether oxygens (including phenoxy) is 2. The van der Waals surface area contributed by atoms with Gasteiger partial charge in [0, 0.05) is 11.6 Å². The van der Waals surface area contributed by atoms with Gasteiger partial charge in [-0.15, -0.1) is 0 Å². The van der Waals surface area contributed by atoms with Gasteiger partial charge in [0.1, 0.15) is 5.82 Å². The van der Waals surface area contributed by atoms with E-state index in [0.29, 0.717) is 11.5 Å². The fraction of sp³-hybridized carbons (Fsp3) is 0.231. The summed E-state index contributed by atoms with van der Waals surface area (Å²) in [5, 5.41) is 3.60. The minimum absolute atomic E-state index is 0.0197. The summed E-state index contributed by atoms with van der Waals surface area (Å²) in [5.74, 6) is 0.972. The van der Waals surface area contributed by atoms with Crippen LogP contribution in [0.15, 0.2) is 77.7 Å². The molecule has 8 heteroatoms. The first-order chi connectivity index (χ1) is 16.4. The first kappa shape index (κ1) is 22.3. The summed E-state index contributed by atoms with van der Waals surface area (Å²) in [7, 11) is -0.732. The zero-order valence-corrected chi connectivity index (χ0v) is 19.6. The van der Waals surface area contributed by atoms with E-state index in [2.05, 4.69) is 22.2 Å². The predicted octanol–water partition coefficient (Wildman–Crippen LogP) is 5.47. The molecule has 1 aliphatic heterocycles. The number of para-hydroxylation sites is 1. The van der Waals surface area contributed by atoms with Crippen molar-refractivity contribution >= 4 is 21.4 Å². The normalized spacial score (nSPS) is 20.7. The van der Waals surface area contributed by atoms with Gasteiger partial charge in [0.2, 0.25) is 0 Å². The van der Waals surface area contributed by atoms with Gasteiger partial charge in [0.05, 0.1) is 30.8 Å². The van der Waals surface area contributed by atoms with Crippen molar-refractivity contribution in [3.05, 3.63) is 89.8 Å². The highest BCUT2D eigenvalue weighted by Crippen LogP contribution is 2.51. The quantitative estimate of drug-likeness (QED) is 0.458. The van der Waals surface area contributed by atoms with Crippen molar-refractivity contribution in [3.8, 4) is 11.5 Å². The molecule has 0 amide bonds. The number of benzene rings is 3. The maximum Gasteiger partial charge on any atom is 0.261 e. The molecule has 5 rings (SSSR count). The Morgan fingerprint density at radius 1 is 1.00 bits per heavy atom. The number of allylic oxidation sites excluding steroid dienone is 2. The van der Waals surface area contributed by atoms with Crippen molar-refractivity contribution in [1.82, 2.24) is 0 Å². The molecule has 34 heavy (non-hydrogen) atoms. The van der Waals surface area contributed by atoms with Crippen molar-refractivity contribution in [2.45, 2.75) is 23.3 Å². The maximum absolute atomic E-state index is 14.0. The smallest absolute Gasteiger partial charge is 0.261 e. The molecule has 0 unspecified atom stereocenters. The Hall–Kier alpha value is -3.52. The van der Waals surface area contributed by atoms with Crippen LogP contribution in [0.5, 0.6) is 11.5 Å². The fourth-order valence-electron chi connectivity index (χ4n) is 4.86. The molecule has 3 atom stereocenters. The SMILES string of the molecule is COc1ccc([C@H]2Nc3ccc(S(=O)(=O)Nc4ccccc4F)cc3[C@H]3C=CC[C@H]32)cc1OC. The van der Waals surface area contributed by atoms with Crippen LogP contribution in [0.25, 0.3) is 0 Å². The largest absolute Gasteiger partial charge is 0.493 e. The summed E-state index contributed by atoms with van der Waals surface area (Å²) in [4.78, 5) is 0.0971. The van der Waals surface area contributed by atoms with E-state index < -0.39 is 15.8 Å². The van der Waals surface area contributed by atoms with Gasteiger partial charge < -0.3 is 14.8 Å². The first-order valence-electron chi connectivity index (χ1n) is 11.0. The van der Waals surface area contributed by atoms with Crippen LogP contribution in [0.1, 0.15) is 29.5 Å². The highest BCUT2D eigenvalue weighted by atomic mass is 32.2. The average Bonchev–Trinajstić information content (AvgIpc) is 3.34. The molecule has 2 N–H and O–H groups in total. The molecular formula is C26H25FN2O4S. The van der Waals surface area contributed by atoms with E-state index in [1.54, 1.807) is 38.5 Å². The number of hydrogen-bond donors (Lipinski definition) is 2. The Kier molecular flexibility index (Phi) is 5.69. The summed E-state index contributed by atoms with van der Waals surface area (Å²) in [6.07, 6.45) is 5.14. The van der Waals surface area contributed by atoms with Crippen molar-refractivity contribution in [2.24, 2.45) is 5.92 Å². The number of methoxy groups -OCH3 is 2. The molecule has 2 aliphatic rings. The van der Waals surface area contributed by atoms with Crippen LogP contribution in [0, 0.1) is 11.7 Å². The Morgan fingerprint density at radius 2 is 1.79 bits per heavy atom. The van der Waals surface area contributed by atoms with Gasteiger partial charge >= 0.3 is 0 Å². The number of sulfonamides is 1. The van der Waals surface area contributed by atoms with Crippen molar-refractivity contribution in [3.63, 3.8) is 0 Å². The lowest BCUT2D eigenvalue weighted by molar-refractivity contribution is 0.353. The van der Waals surface area contributed by atoms with Crippen LogP contribution >= 0.6 is 0 Å². The summed E-state index contributed by atoms with van der Waals surface area (Å²) in [5.41, 5.74) is 2.77. The molecule has 3 aromatic rings. The maximum atomic E-state index is 14.0. The minimum Gasteiger partial charge on any atom is -0.493 e. The lowest BCUT2D eigenvalue weighted by Crippen LogP contribution is -2.29. The highest BCUT2D eigenvalue weighted by Gasteiger charge is 2.38. The summed E-state index contributed by atoms with van der Waals surface area (Å²) in [6, 6.07) is 16.6. The summed E-state index contributed by atoms with van der Waals surface area (Å²) < 4.78 is 53.3. The zero-order valence-electron chi connectivity index (χ0n) is 18.8. The predicted molar refractivity (Wildman–Crippen MR) is 130 cm³/mol. The molecule has 0 saturated heterocycles. The van der Waals surface area contributed by atoms with Crippen LogP contribution in [0.4, 0.5) is 15.8 Å². The number of halogens is 1. The van der Waals surface area contributed by atoms with Gasteiger partial charge in [-0.1, -0.05) is 30.4 Å². The second kappa shape index (κ2) is 8.68. The van der Waals surface area contributed by atoms with Crippen LogP contribution < -0.4 is 19.5 Å². The van der Waals surface area contributed by atoms with Gasteiger partial charge in [-0.2, -0.15) is 0 Å². The Morgan fingerprint density at radius 3 is 2.56 bits per heavy atom. The Labute approximate surface area is 198 Å². The van der Waals surface area contributed by atoms with Crippen molar-refractivity contribution in [2.75, 3.05) is 24.3 Å². The standard InChI is InChI=1S/C26H25FN2O4S/c1-32-24-13-10-16(14-25(24)33-2)26-19-7-5-6-18(19)20-15-17(11-12-22(20)28-26)34(30,31)29-23-9-4-3-8-21(23)27/h3-6,8-15,18-19,26,28-29H,7H2,1-2H3/t18-,19+,26+/m0/s1. The lowest BCUT2D eigenvalue weighted by atomic mass is 9.77. The van der Waals surface area contributed by atoms with E-state index in [1.807, 2.05) is 18.2 Å². The summed E-state index contributed by atoms with van der Waals surface area (Å²) >= 11 is 0. The molecular weight excluding hydrogens is 455 g/mol. The fourth-order valence-corrected chi connectivity index (χ4v) is 5.97. The minimum atomic E-state index is -3.95. The molecule has 0 spiro atoms. The molecule has 1 aliphatic carbocycles. The van der Waals surface area contributed by atoms with Crippen LogP contribution in [0.2, 0.25) is 0 Å². The number of fused-ring (bicyclic) bond motifs is 3. The van der Waals surface area contributed by atoms with Crippen LogP contribution in [0.3, 0.4) is 0 Å². The Bertz CT molecular complexity index is 1370. The van der Waals surface area contributed by atoms with E-state index in [1.165, 1.54) is 18.2 Å². The second-order valence-electron chi connectivity index (χ2n) is 8.42. The highest BCUT2D eigenvalue weighted by molar-refractivity contribution is 7.92. The third-order valence-corrected chi connectivity index (χ3v) is 7.89. The van der Waals surface area contributed by atoms with E-state index in [9.17, 15) is 12.8 Å². The topological polar surface area (TPSA) is 76.7 Å². The second-order valence-corrected chi connectivity index (χ2v) is 10.1. The molecule has 1 heterocycles. The number of hydrogen-bond acceptors (Lipinski definition) is 5. The molecule has 0 fully saturated rings. The number of nitrogens with one attached hydrogen (secondary N) is 2. The van der Waals surface area contributed by atoms with Gasteiger partial charge in [0.25, 0.3) is 10.0 Å². The van der Waals surface area contributed by atoms with E-state index >= 15 is 0 Å². The monoisotopic (exact) mass is 480 g/mol. The molecule has 0 radical (unpaired) electrons. The molecule has 0 bridgehead atoms. The molecule has 3 aromatic carbocycles. The van der Waals surface area contributed by atoms with E-state index in [-0.39, 0.29) is 28.5 Å². The van der Waals surface area contributed by atoms with E-state index in [0.717, 1.165) is 23.2 Å². The van der Waals surface area contributed by atoms with E-state index in [4.69, 9.17) is 9.47 Å². The number of anilines is 2. The van der Waals surface area contributed by atoms with Gasteiger partial charge in [0.15, 0.2) is 11.5 Å². The van der Waals surface area contributed by atoms with Gasteiger partial charge in [-0.25, -0.2) is 12.8 Å². The summed E-state index contributed by atoms with van der Waals surface area (Å²) in [6.45, 7) is 0. The molecule has 0 aromatic heterocycles. The van der Waals surface area contributed by atoms with Gasteiger partial charge in [-0.3, -0.25) is 4.72 Å². The van der Waals surface area contributed by atoms with Crippen LogP contribution in [-0.2, 0) is 10.0 Å². The van der Waals surface area contributed by atoms with Crippen LogP contribution in [-0.4, -0.2) is 22.6 Å². The van der Waals surface area contributed by atoms with Crippen molar-refractivity contribution in [1.29, 1.82) is 0 Å². The zero-order chi connectivity index (χ0) is 23.9. The number of rotatable bonds is 6. The third-order valence-electron chi connectivity index (χ3n) is 6.53. The lowest BCUT2D eigenvalue weighted by Gasteiger charge is -2.38. The molecule has 0 saturated carbocycles. The molecule has 6 nitrogen and oxygen atoms in total. The molecule has 176 valence electrons. The van der Waals surface area contributed by atoms with Gasteiger partial charge in [-0.05, 0) is 65.9 Å².